The number of ketones is 1. The molecule has 0 amide bonds. The number of benzene rings is 2. The van der Waals surface area contributed by atoms with Gasteiger partial charge in [-0.05, 0) is 43.3 Å². The van der Waals surface area contributed by atoms with Crippen molar-refractivity contribution in [2.24, 2.45) is 0 Å². The molecule has 0 fully saturated rings. The number of hydrogen-bond donors (Lipinski definition) is 0. The number of carbonyl (C=O) groups is 2. The molecule has 2 aromatic carbocycles. The van der Waals surface area contributed by atoms with Crippen LogP contribution in [0.2, 0.25) is 10.0 Å². The van der Waals surface area contributed by atoms with E-state index >= 15 is 0 Å². The zero-order chi connectivity index (χ0) is 19.6. The molecular formula is C19H15Cl2NO5. The minimum Gasteiger partial charge on any atom is -0.466 e. The number of esters is 1. The lowest BCUT2D eigenvalue weighted by Crippen LogP contribution is -2.17. The quantitative estimate of drug-likeness (QED) is 0.454. The van der Waals surface area contributed by atoms with Crippen LogP contribution in [0.4, 0.5) is 0 Å². The summed E-state index contributed by atoms with van der Waals surface area (Å²) >= 11 is 12.0. The van der Waals surface area contributed by atoms with Crippen molar-refractivity contribution in [1.29, 1.82) is 0 Å². The number of fused-ring (bicyclic) bond motifs is 1. The fraction of sp³-hybridized carbons (Fsp3) is 0.211. The van der Waals surface area contributed by atoms with Gasteiger partial charge in [0.2, 0.25) is 0 Å². The topological polar surface area (TPSA) is 78.5 Å². The number of aromatic nitrogens is 1. The Balaban J connectivity index is 2.04. The maximum atomic E-state index is 12.8. The van der Waals surface area contributed by atoms with Crippen LogP contribution in [0.5, 0.6) is 0 Å². The highest BCUT2D eigenvalue weighted by Crippen LogP contribution is 2.26. The van der Waals surface area contributed by atoms with Crippen LogP contribution >= 0.6 is 23.2 Å². The molecule has 0 atom stereocenters. The zero-order valence-electron chi connectivity index (χ0n) is 14.3. The molecule has 6 nitrogen and oxygen atoms in total. The molecule has 1 heterocycles. The number of halogens is 2. The molecule has 0 radical (unpaired) electrons. The van der Waals surface area contributed by atoms with Crippen molar-refractivity contribution < 1.29 is 18.7 Å². The third-order valence-corrected chi connectivity index (χ3v) is 4.40. The van der Waals surface area contributed by atoms with Crippen molar-refractivity contribution in [3.63, 3.8) is 0 Å². The van der Waals surface area contributed by atoms with Crippen molar-refractivity contribution in [2.75, 3.05) is 6.61 Å². The number of nitrogens with zero attached hydrogens (tertiary/aromatic N) is 1. The summed E-state index contributed by atoms with van der Waals surface area (Å²) in [6.07, 6.45) is -0.00461. The third-order valence-electron chi connectivity index (χ3n) is 3.93. The van der Waals surface area contributed by atoms with Crippen molar-refractivity contribution in [3.8, 4) is 0 Å². The Labute approximate surface area is 164 Å². The fourth-order valence-electron chi connectivity index (χ4n) is 2.70. The fourth-order valence-corrected chi connectivity index (χ4v) is 3.04. The summed E-state index contributed by atoms with van der Waals surface area (Å²) in [6.45, 7) is 2.01. The van der Waals surface area contributed by atoms with E-state index in [-0.39, 0.29) is 41.5 Å². The Morgan fingerprint density at radius 1 is 1.11 bits per heavy atom. The van der Waals surface area contributed by atoms with Gasteiger partial charge in [0, 0.05) is 22.2 Å². The summed E-state index contributed by atoms with van der Waals surface area (Å²) < 4.78 is 11.4. The molecule has 0 unspecified atom stereocenters. The van der Waals surface area contributed by atoms with E-state index in [9.17, 15) is 14.4 Å². The van der Waals surface area contributed by atoms with Gasteiger partial charge in [0.1, 0.15) is 0 Å². The Hall–Kier alpha value is -2.57. The number of rotatable bonds is 6. The predicted molar refractivity (Wildman–Crippen MR) is 102 cm³/mol. The smallest absolute Gasteiger partial charge is 0.419 e. The largest absolute Gasteiger partial charge is 0.466 e. The molecule has 0 aliphatic carbocycles. The molecule has 0 saturated carbocycles. The summed E-state index contributed by atoms with van der Waals surface area (Å²) in [6, 6.07) is 9.31. The maximum Gasteiger partial charge on any atom is 0.419 e. The first-order chi connectivity index (χ1) is 12.9. The second-order valence-corrected chi connectivity index (χ2v) is 6.59. The molecular weight excluding hydrogens is 393 g/mol. The minimum absolute atomic E-state index is 0.00461. The molecule has 0 saturated heterocycles. The maximum absolute atomic E-state index is 12.8. The van der Waals surface area contributed by atoms with Gasteiger partial charge in [0.15, 0.2) is 11.4 Å². The average molecular weight is 408 g/mol. The predicted octanol–water partition coefficient (Wildman–Crippen LogP) is 4.09. The Kier molecular flexibility index (Phi) is 5.68. The molecule has 140 valence electrons. The van der Waals surface area contributed by atoms with E-state index in [4.69, 9.17) is 32.4 Å². The second kappa shape index (κ2) is 7.98. The summed E-state index contributed by atoms with van der Waals surface area (Å²) in [7, 11) is 0. The molecule has 0 spiro atoms. The van der Waals surface area contributed by atoms with E-state index in [0.717, 1.165) is 0 Å². The van der Waals surface area contributed by atoms with Crippen LogP contribution in [0.25, 0.3) is 11.1 Å². The van der Waals surface area contributed by atoms with Crippen LogP contribution in [0.1, 0.15) is 29.3 Å². The second-order valence-electron chi connectivity index (χ2n) is 5.71. The standard InChI is InChI=1S/C19H15Cl2NO5/c1-2-26-16(23)7-8-22-15-10-13(21)9-14(18(15)27-19(22)25)17(24)11-3-5-12(20)6-4-11/h3-6,9-10H,2,7-8H2,1H3. The van der Waals surface area contributed by atoms with Gasteiger partial charge in [-0.15, -0.1) is 0 Å². The van der Waals surface area contributed by atoms with Crippen molar-refractivity contribution in [1.82, 2.24) is 4.57 Å². The van der Waals surface area contributed by atoms with E-state index < -0.39 is 11.7 Å². The summed E-state index contributed by atoms with van der Waals surface area (Å²) in [5.74, 6) is -1.47. The van der Waals surface area contributed by atoms with Crippen molar-refractivity contribution in [2.45, 2.75) is 19.9 Å². The lowest BCUT2D eigenvalue weighted by atomic mass is 10.0. The van der Waals surface area contributed by atoms with E-state index in [1.807, 2.05) is 0 Å². The highest BCUT2D eigenvalue weighted by atomic mass is 35.5. The molecule has 3 rings (SSSR count). The van der Waals surface area contributed by atoms with Gasteiger partial charge in [0.05, 0.1) is 24.1 Å². The molecule has 1 aromatic heterocycles. The summed E-state index contributed by atoms with van der Waals surface area (Å²) in [5, 5.41) is 0.768. The van der Waals surface area contributed by atoms with Crippen LogP contribution in [-0.4, -0.2) is 22.9 Å². The zero-order valence-corrected chi connectivity index (χ0v) is 15.8. The lowest BCUT2D eigenvalue weighted by molar-refractivity contribution is -0.143. The molecule has 0 aliphatic heterocycles. The number of oxazole rings is 1. The SMILES string of the molecule is CCOC(=O)CCn1c(=O)oc2c(C(=O)c3ccc(Cl)cc3)cc(Cl)cc21. The van der Waals surface area contributed by atoms with E-state index in [1.54, 1.807) is 31.2 Å². The Morgan fingerprint density at radius 2 is 1.81 bits per heavy atom. The number of carbonyl (C=O) groups excluding carboxylic acids is 2. The van der Waals surface area contributed by atoms with Crippen molar-refractivity contribution in [3.05, 3.63) is 68.1 Å². The van der Waals surface area contributed by atoms with Crippen LogP contribution in [0.15, 0.2) is 45.6 Å². The monoisotopic (exact) mass is 407 g/mol. The van der Waals surface area contributed by atoms with Gasteiger partial charge in [0.25, 0.3) is 0 Å². The van der Waals surface area contributed by atoms with E-state index in [2.05, 4.69) is 0 Å². The summed E-state index contributed by atoms with van der Waals surface area (Å²) in [5.41, 5.74) is 0.999. The van der Waals surface area contributed by atoms with Gasteiger partial charge >= 0.3 is 11.7 Å². The number of aryl methyl sites for hydroxylation is 1. The Morgan fingerprint density at radius 3 is 2.48 bits per heavy atom. The van der Waals surface area contributed by atoms with E-state index in [1.165, 1.54) is 16.7 Å². The van der Waals surface area contributed by atoms with Crippen LogP contribution in [-0.2, 0) is 16.1 Å². The van der Waals surface area contributed by atoms with Crippen LogP contribution in [0.3, 0.4) is 0 Å². The van der Waals surface area contributed by atoms with E-state index in [0.29, 0.717) is 16.1 Å². The minimum atomic E-state index is -0.679. The first-order valence-electron chi connectivity index (χ1n) is 8.19. The van der Waals surface area contributed by atoms with Gasteiger partial charge in [-0.1, -0.05) is 23.2 Å². The van der Waals surface area contributed by atoms with Crippen LogP contribution < -0.4 is 5.76 Å². The molecule has 0 aliphatic rings. The van der Waals surface area contributed by atoms with Crippen molar-refractivity contribution >= 4 is 46.1 Å². The Bertz CT molecular complexity index is 1070. The summed E-state index contributed by atoms with van der Waals surface area (Å²) in [4.78, 5) is 36.7. The van der Waals surface area contributed by atoms with Gasteiger partial charge in [-0.3, -0.25) is 14.2 Å². The highest BCUT2D eigenvalue weighted by molar-refractivity contribution is 6.32. The number of hydrogen-bond acceptors (Lipinski definition) is 5. The van der Waals surface area contributed by atoms with Gasteiger partial charge < -0.3 is 9.15 Å². The van der Waals surface area contributed by atoms with Gasteiger partial charge in [-0.2, -0.15) is 0 Å². The molecule has 3 aromatic rings. The number of ether oxygens (including phenoxy) is 1. The molecule has 8 heteroatoms. The molecule has 0 N–H and O–H groups in total. The normalized spacial score (nSPS) is 10.9. The first-order valence-corrected chi connectivity index (χ1v) is 8.95. The molecule has 0 bridgehead atoms. The average Bonchev–Trinajstić information content (AvgIpc) is 2.94. The lowest BCUT2D eigenvalue weighted by Gasteiger charge is -2.05. The van der Waals surface area contributed by atoms with Crippen LogP contribution in [0, 0.1) is 0 Å². The van der Waals surface area contributed by atoms with Gasteiger partial charge in [-0.25, -0.2) is 4.79 Å². The molecule has 27 heavy (non-hydrogen) atoms. The highest BCUT2D eigenvalue weighted by Gasteiger charge is 2.20. The first kappa shape index (κ1) is 19.2. The third kappa shape index (κ3) is 4.07.